The van der Waals surface area contributed by atoms with Crippen LogP contribution in [0, 0.1) is 0 Å². The van der Waals surface area contributed by atoms with E-state index in [-0.39, 0.29) is 18.0 Å². The van der Waals surface area contributed by atoms with Gasteiger partial charge in [-0.1, -0.05) is 23.7 Å². The molecule has 2 N–H and O–H groups in total. The van der Waals surface area contributed by atoms with Crippen LogP contribution in [0.1, 0.15) is 15.9 Å². The number of hydrogen-bond acceptors (Lipinski definition) is 2. The molecule has 100 valence electrons. The van der Waals surface area contributed by atoms with Crippen molar-refractivity contribution in [2.75, 3.05) is 5.32 Å². The van der Waals surface area contributed by atoms with Crippen molar-refractivity contribution in [2.24, 2.45) is 0 Å². The summed E-state index contributed by atoms with van der Waals surface area (Å²) < 4.78 is 0. The second kappa shape index (κ2) is 7.02. The van der Waals surface area contributed by atoms with Crippen molar-refractivity contribution < 1.29 is 9.90 Å². The van der Waals surface area contributed by atoms with Crippen molar-refractivity contribution in [1.82, 2.24) is 0 Å². The Hall–Kier alpha value is -1.71. The van der Waals surface area contributed by atoms with Gasteiger partial charge >= 0.3 is 5.97 Å². The van der Waals surface area contributed by atoms with Crippen LogP contribution in [0.5, 0.6) is 0 Å². The molecule has 0 fully saturated rings. The van der Waals surface area contributed by atoms with Gasteiger partial charge in [-0.2, -0.15) is 0 Å². The van der Waals surface area contributed by atoms with Crippen LogP contribution < -0.4 is 5.32 Å². The van der Waals surface area contributed by atoms with Crippen LogP contribution >= 0.6 is 24.0 Å². The molecule has 2 aromatic rings. The van der Waals surface area contributed by atoms with E-state index in [1.165, 1.54) is 0 Å². The SMILES string of the molecule is Cl.O=C(O)c1ccc(NCc2ccc(Cl)cc2)cc1. The van der Waals surface area contributed by atoms with E-state index >= 15 is 0 Å². The van der Waals surface area contributed by atoms with Crippen molar-refractivity contribution in [1.29, 1.82) is 0 Å². The normalized spacial score (nSPS) is 9.53. The Morgan fingerprint density at radius 2 is 1.63 bits per heavy atom. The van der Waals surface area contributed by atoms with E-state index in [0.717, 1.165) is 11.3 Å². The minimum atomic E-state index is -0.917. The van der Waals surface area contributed by atoms with Crippen molar-refractivity contribution >= 4 is 35.7 Å². The highest BCUT2D eigenvalue weighted by molar-refractivity contribution is 6.30. The number of hydrogen-bond donors (Lipinski definition) is 2. The first-order valence-electron chi connectivity index (χ1n) is 5.47. The number of carboxylic acids is 1. The molecule has 3 nitrogen and oxygen atoms in total. The van der Waals surface area contributed by atoms with E-state index in [9.17, 15) is 4.79 Å². The average molecular weight is 298 g/mol. The predicted octanol–water partition coefficient (Wildman–Crippen LogP) is 4.07. The Morgan fingerprint density at radius 1 is 1.05 bits per heavy atom. The second-order valence-electron chi connectivity index (χ2n) is 3.86. The molecule has 0 heterocycles. The van der Waals surface area contributed by atoms with Gasteiger partial charge in [0.1, 0.15) is 0 Å². The van der Waals surface area contributed by atoms with Gasteiger partial charge in [0, 0.05) is 17.3 Å². The van der Waals surface area contributed by atoms with Crippen molar-refractivity contribution in [2.45, 2.75) is 6.54 Å². The first-order valence-corrected chi connectivity index (χ1v) is 5.84. The van der Waals surface area contributed by atoms with E-state index in [4.69, 9.17) is 16.7 Å². The molecule has 0 aliphatic rings. The van der Waals surface area contributed by atoms with Gasteiger partial charge in [0.2, 0.25) is 0 Å². The highest BCUT2D eigenvalue weighted by Crippen LogP contribution is 2.13. The summed E-state index contributed by atoms with van der Waals surface area (Å²) in [5.41, 5.74) is 2.28. The molecule has 0 unspecified atom stereocenters. The molecule has 0 bridgehead atoms. The Labute approximate surface area is 122 Å². The number of carbonyl (C=O) groups is 1. The minimum Gasteiger partial charge on any atom is -0.478 e. The fourth-order valence-electron chi connectivity index (χ4n) is 1.54. The third-order valence-electron chi connectivity index (χ3n) is 2.54. The van der Waals surface area contributed by atoms with Gasteiger partial charge < -0.3 is 10.4 Å². The number of benzene rings is 2. The molecule has 5 heteroatoms. The third-order valence-corrected chi connectivity index (χ3v) is 2.79. The van der Waals surface area contributed by atoms with Gasteiger partial charge in [-0.25, -0.2) is 4.79 Å². The lowest BCUT2D eigenvalue weighted by molar-refractivity contribution is 0.0697. The molecular weight excluding hydrogens is 285 g/mol. The summed E-state index contributed by atoms with van der Waals surface area (Å²) in [6, 6.07) is 14.2. The molecule has 0 saturated carbocycles. The average Bonchev–Trinajstić information content (AvgIpc) is 2.38. The highest BCUT2D eigenvalue weighted by Gasteiger charge is 2.01. The molecule has 0 saturated heterocycles. The largest absolute Gasteiger partial charge is 0.478 e. The van der Waals surface area contributed by atoms with Crippen LogP contribution in [-0.2, 0) is 6.54 Å². The molecule has 2 rings (SSSR count). The zero-order valence-electron chi connectivity index (χ0n) is 9.97. The quantitative estimate of drug-likeness (QED) is 0.894. The van der Waals surface area contributed by atoms with Gasteiger partial charge in [0.25, 0.3) is 0 Å². The maximum absolute atomic E-state index is 10.7. The molecule has 0 atom stereocenters. The fraction of sp³-hybridized carbons (Fsp3) is 0.0714. The van der Waals surface area contributed by atoms with Crippen LogP contribution in [0.3, 0.4) is 0 Å². The molecule has 0 radical (unpaired) electrons. The summed E-state index contributed by atoms with van der Waals surface area (Å²) in [6.07, 6.45) is 0. The Balaban J connectivity index is 0.00000180. The van der Waals surface area contributed by atoms with Crippen LogP contribution in [0.4, 0.5) is 5.69 Å². The molecule has 0 aliphatic heterocycles. The van der Waals surface area contributed by atoms with Gasteiger partial charge in [0.15, 0.2) is 0 Å². The van der Waals surface area contributed by atoms with E-state index < -0.39 is 5.97 Å². The lowest BCUT2D eigenvalue weighted by Gasteiger charge is -2.06. The van der Waals surface area contributed by atoms with Gasteiger partial charge in [-0.15, -0.1) is 12.4 Å². The summed E-state index contributed by atoms with van der Waals surface area (Å²) >= 11 is 5.80. The number of anilines is 1. The Kier molecular flexibility index (Phi) is 5.67. The zero-order valence-corrected chi connectivity index (χ0v) is 11.5. The Morgan fingerprint density at radius 3 is 2.16 bits per heavy atom. The summed E-state index contributed by atoms with van der Waals surface area (Å²) in [6.45, 7) is 0.670. The van der Waals surface area contributed by atoms with Crippen LogP contribution in [0.2, 0.25) is 5.02 Å². The van der Waals surface area contributed by atoms with Crippen LogP contribution in [0.15, 0.2) is 48.5 Å². The maximum Gasteiger partial charge on any atom is 0.335 e. The van der Waals surface area contributed by atoms with Gasteiger partial charge in [-0.3, -0.25) is 0 Å². The zero-order chi connectivity index (χ0) is 13.0. The number of nitrogens with one attached hydrogen (secondary N) is 1. The van der Waals surface area contributed by atoms with Crippen molar-refractivity contribution in [3.05, 3.63) is 64.7 Å². The van der Waals surface area contributed by atoms with Crippen LogP contribution in [0.25, 0.3) is 0 Å². The standard InChI is InChI=1S/C14H12ClNO2.ClH/c15-12-5-1-10(2-6-12)9-16-13-7-3-11(4-8-13)14(17)18;/h1-8,16H,9H2,(H,17,18);1H. The van der Waals surface area contributed by atoms with Crippen LogP contribution in [-0.4, -0.2) is 11.1 Å². The van der Waals surface area contributed by atoms with Gasteiger partial charge in [-0.05, 0) is 42.0 Å². The number of carboxylic acid groups (broad SMARTS) is 1. The van der Waals surface area contributed by atoms with Crippen molar-refractivity contribution in [3.8, 4) is 0 Å². The Bertz CT molecular complexity index is 538. The first-order chi connectivity index (χ1) is 8.65. The summed E-state index contributed by atoms with van der Waals surface area (Å²) in [5, 5.41) is 12.7. The molecular formula is C14H13Cl2NO2. The lowest BCUT2D eigenvalue weighted by Crippen LogP contribution is -2.00. The number of rotatable bonds is 4. The molecule has 0 amide bonds. The molecule has 2 aromatic carbocycles. The minimum absolute atomic E-state index is 0. The topological polar surface area (TPSA) is 49.3 Å². The monoisotopic (exact) mass is 297 g/mol. The highest BCUT2D eigenvalue weighted by atomic mass is 35.5. The summed E-state index contributed by atoms with van der Waals surface area (Å²) in [5.74, 6) is -0.917. The molecule has 19 heavy (non-hydrogen) atoms. The maximum atomic E-state index is 10.7. The smallest absolute Gasteiger partial charge is 0.335 e. The van der Waals surface area contributed by atoms with E-state index in [1.54, 1.807) is 24.3 Å². The fourth-order valence-corrected chi connectivity index (χ4v) is 1.66. The summed E-state index contributed by atoms with van der Waals surface area (Å²) in [7, 11) is 0. The van der Waals surface area contributed by atoms with Crippen molar-refractivity contribution in [3.63, 3.8) is 0 Å². The second-order valence-corrected chi connectivity index (χ2v) is 4.30. The number of halogens is 2. The molecule has 0 spiro atoms. The van der Waals surface area contributed by atoms with E-state index in [2.05, 4.69) is 5.32 Å². The molecule has 0 aromatic heterocycles. The third kappa shape index (κ3) is 4.47. The van der Waals surface area contributed by atoms with E-state index in [1.807, 2.05) is 24.3 Å². The summed E-state index contributed by atoms with van der Waals surface area (Å²) in [4.78, 5) is 10.7. The first kappa shape index (κ1) is 15.3. The van der Waals surface area contributed by atoms with E-state index in [0.29, 0.717) is 11.6 Å². The number of aromatic carboxylic acids is 1. The van der Waals surface area contributed by atoms with Gasteiger partial charge in [0.05, 0.1) is 5.56 Å². The predicted molar refractivity (Wildman–Crippen MR) is 79.4 cm³/mol. The molecule has 0 aliphatic carbocycles. The lowest BCUT2D eigenvalue weighted by atomic mass is 10.2.